The number of ether oxygens (including phenoxy) is 1. The van der Waals surface area contributed by atoms with Crippen molar-refractivity contribution in [3.05, 3.63) is 0 Å². The predicted octanol–water partition coefficient (Wildman–Crippen LogP) is 3.94. The number of carbonyl (C=O) groups is 1. The lowest BCUT2D eigenvalue weighted by Gasteiger charge is -2.54. The Morgan fingerprint density at radius 1 is 0.818 bits per heavy atom. The molecule has 8 bridgehead atoms. The minimum atomic E-state index is -3.27. The van der Waals surface area contributed by atoms with Crippen LogP contribution in [0.15, 0.2) is 0 Å². The van der Waals surface area contributed by atoms with E-state index in [1.165, 1.54) is 44.8 Å². The SMILES string of the molecule is CC1C(C)C2CC1C1C3CC(C(C(=O)OC4C5CC6CC(C5)CC4C6)C3CNS(C)(=O)=O)C21. The molecule has 0 aromatic rings. The maximum absolute atomic E-state index is 13.9. The Labute approximate surface area is 199 Å². The van der Waals surface area contributed by atoms with E-state index in [0.29, 0.717) is 42.1 Å². The van der Waals surface area contributed by atoms with Crippen molar-refractivity contribution >= 4 is 16.0 Å². The van der Waals surface area contributed by atoms with E-state index in [1.807, 2.05) is 0 Å². The second kappa shape index (κ2) is 7.21. The molecule has 0 radical (unpaired) electrons. The molecule has 0 heterocycles. The Hall–Kier alpha value is -0.620. The molecule has 33 heavy (non-hydrogen) atoms. The van der Waals surface area contributed by atoms with E-state index in [9.17, 15) is 13.2 Å². The van der Waals surface area contributed by atoms with E-state index in [1.54, 1.807) is 0 Å². The lowest BCUT2D eigenvalue weighted by molar-refractivity contribution is -0.181. The maximum atomic E-state index is 13.9. The highest BCUT2D eigenvalue weighted by molar-refractivity contribution is 7.88. The van der Waals surface area contributed by atoms with Crippen LogP contribution in [0.2, 0.25) is 0 Å². The number of carbonyl (C=O) groups excluding carboxylic acids is 1. The predicted molar refractivity (Wildman–Crippen MR) is 125 cm³/mol. The van der Waals surface area contributed by atoms with Crippen LogP contribution >= 0.6 is 0 Å². The monoisotopic (exact) mass is 475 g/mol. The van der Waals surface area contributed by atoms with E-state index in [4.69, 9.17) is 4.74 Å². The summed E-state index contributed by atoms with van der Waals surface area (Å²) < 4.78 is 33.2. The molecule has 0 aliphatic heterocycles. The molecule has 0 saturated heterocycles. The van der Waals surface area contributed by atoms with Gasteiger partial charge in [0, 0.05) is 6.54 Å². The zero-order valence-electron chi connectivity index (χ0n) is 20.4. The quantitative estimate of drug-likeness (QED) is 0.483. The van der Waals surface area contributed by atoms with Gasteiger partial charge in [0.2, 0.25) is 10.0 Å². The summed E-state index contributed by atoms with van der Waals surface area (Å²) in [6, 6.07) is 0. The van der Waals surface area contributed by atoms with Crippen LogP contribution in [-0.4, -0.2) is 33.3 Å². The first kappa shape index (κ1) is 21.6. The van der Waals surface area contributed by atoms with Gasteiger partial charge in [-0.25, -0.2) is 13.1 Å². The summed E-state index contributed by atoms with van der Waals surface area (Å²) in [5, 5.41) is 0. The van der Waals surface area contributed by atoms with Gasteiger partial charge in [-0.1, -0.05) is 13.8 Å². The fourth-order valence-corrected chi connectivity index (χ4v) is 12.0. The smallest absolute Gasteiger partial charge is 0.309 e. The van der Waals surface area contributed by atoms with Crippen LogP contribution < -0.4 is 4.72 Å². The third-order valence-electron chi connectivity index (χ3n) is 12.4. The van der Waals surface area contributed by atoms with E-state index < -0.39 is 10.0 Å². The summed E-state index contributed by atoms with van der Waals surface area (Å²) in [7, 11) is -3.27. The van der Waals surface area contributed by atoms with Crippen molar-refractivity contribution in [1.29, 1.82) is 0 Å². The molecule has 6 heteroatoms. The number of sulfonamides is 1. The topological polar surface area (TPSA) is 72.5 Å². The summed E-state index contributed by atoms with van der Waals surface area (Å²) in [5.41, 5.74) is 0. The van der Waals surface area contributed by atoms with E-state index >= 15 is 0 Å². The van der Waals surface area contributed by atoms with Gasteiger partial charge in [-0.3, -0.25) is 4.79 Å². The standard InChI is InChI=1S/C27H41NO4S/c1-12-13(2)19-9-18(12)23-20-10-21(24(19)23)25(22(20)11-28-33(3,30)31)27(29)32-26-16-5-14-4-15(7-16)8-17(26)6-14/h12-26,28H,4-11H2,1-3H3. The second-order valence-corrected chi connectivity index (χ2v) is 15.5. The molecular formula is C27H41NO4S. The van der Waals surface area contributed by atoms with Gasteiger partial charge in [0.1, 0.15) is 6.10 Å². The van der Waals surface area contributed by atoms with E-state index in [-0.39, 0.29) is 23.9 Å². The van der Waals surface area contributed by atoms with Gasteiger partial charge in [-0.2, -0.15) is 0 Å². The summed E-state index contributed by atoms with van der Waals surface area (Å²) in [5.74, 6) is 8.21. The van der Waals surface area contributed by atoms with Crippen LogP contribution in [-0.2, 0) is 19.6 Å². The fourth-order valence-electron chi connectivity index (χ4n) is 11.5. The Balaban J connectivity index is 1.15. The summed E-state index contributed by atoms with van der Waals surface area (Å²) in [4.78, 5) is 13.9. The normalized spacial score (nSPS) is 57.6. The lowest BCUT2D eigenvalue weighted by atomic mass is 9.55. The highest BCUT2D eigenvalue weighted by atomic mass is 32.2. The van der Waals surface area contributed by atoms with Crippen LogP contribution in [0.1, 0.15) is 58.8 Å². The zero-order valence-corrected chi connectivity index (χ0v) is 21.2. The van der Waals surface area contributed by atoms with Crippen molar-refractivity contribution in [1.82, 2.24) is 4.72 Å². The van der Waals surface area contributed by atoms with Crippen molar-refractivity contribution in [3.63, 3.8) is 0 Å². The third-order valence-corrected chi connectivity index (χ3v) is 13.1. The van der Waals surface area contributed by atoms with E-state index in [0.717, 1.165) is 41.9 Å². The third kappa shape index (κ3) is 3.11. The van der Waals surface area contributed by atoms with Crippen LogP contribution in [0.4, 0.5) is 0 Å². The van der Waals surface area contributed by atoms with Crippen molar-refractivity contribution < 1.29 is 17.9 Å². The number of esters is 1. The molecule has 8 fully saturated rings. The Kier molecular flexibility index (Phi) is 4.73. The maximum Gasteiger partial charge on any atom is 0.309 e. The van der Waals surface area contributed by atoms with Gasteiger partial charge >= 0.3 is 5.97 Å². The minimum Gasteiger partial charge on any atom is -0.462 e. The van der Waals surface area contributed by atoms with Gasteiger partial charge in [0.15, 0.2) is 0 Å². The number of fused-ring (bicyclic) bond motifs is 9. The molecule has 0 amide bonds. The van der Waals surface area contributed by atoms with Crippen molar-refractivity contribution in [3.8, 4) is 0 Å². The van der Waals surface area contributed by atoms with Crippen molar-refractivity contribution in [2.24, 2.45) is 82.9 Å². The molecule has 8 saturated carbocycles. The molecule has 0 spiro atoms. The Bertz CT molecular complexity index is 920. The molecule has 0 aromatic heterocycles. The Morgan fingerprint density at radius 2 is 1.36 bits per heavy atom. The van der Waals surface area contributed by atoms with Gasteiger partial charge in [0.25, 0.3) is 0 Å². The van der Waals surface area contributed by atoms with Gasteiger partial charge in [-0.15, -0.1) is 0 Å². The van der Waals surface area contributed by atoms with Crippen molar-refractivity contribution in [2.75, 3.05) is 12.8 Å². The highest BCUT2D eigenvalue weighted by Gasteiger charge is 2.70. The molecule has 184 valence electrons. The van der Waals surface area contributed by atoms with Crippen LogP contribution in [0, 0.1) is 82.9 Å². The fraction of sp³-hybridized carbons (Fsp3) is 0.963. The summed E-state index contributed by atoms with van der Waals surface area (Å²) >= 11 is 0. The first-order chi connectivity index (χ1) is 15.7. The molecule has 1 N–H and O–H groups in total. The van der Waals surface area contributed by atoms with Gasteiger partial charge < -0.3 is 4.74 Å². The number of rotatable bonds is 5. The first-order valence-corrected chi connectivity index (χ1v) is 15.7. The molecule has 8 aliphatic rings. The highest BCUT2D eigenvalue weighted by Crippen LogP contribution is 2.72. The van der Waals surface area contributed by atoms with Gasteiger partial charge in [0.05, 0.1) is 12.2 Å². The Morgan fingerprint density at radius 3 is 1.94 bits per heavy atom. The average Bonchev–Trinajstić information content (AvgIpc) is 3.46. The molecule has 8 aliphatic carbocycles. The minimum absolute atomic E-state index is 0.0298. The zero-order chi connectivity index (χ0) is 22.8. The number of nitrogens with one attached hydrogen (secondary N) is 1. The largest absolute Gasteiger partial charge is 0.462 e. The summed E-state index contributed by atoms with van der Waals surface area (Å²) in [6.45, 7) is 5.27. The average molecular weight is 476 g/mol. The van der Waals surface area contributed by atoms with Crippen LogP contribution in [0.3, 0.4) is 0 Å². The van der Waals surface area contributed by atoms with Crippen molar-refractivity contribution in [2.45, 2.75) is 64.9 Å². The van der Waals surface area contributed by atoms with E-state index in [2.05, 4.69) is 18.6 Å². The first-order valence-electron chi connectivity index (χ1n) is 13.8. The molecule has 10 unspecified atom stereocenters. The molecule has 10 atom stereocenters. The number of hydrogen-bond acceptors (Lipinski definition) is 4. The lowest BCUT2D eigenvalue weighted by Crippen LogP contribution is -2.52. The van der Waals surface area contributed by atoms with Gasteiger partial charge in [-0.05, 0) is 122 Å². The molecule has 0 aromatic carbocycles. The van der Waals surface area contributed by atoms with Crippen LogP contribution in [0.25, 0.3) is 0 Å². The number of hydrogen-bond donors (Lipinski definition) is 1. The second-order valence-electron chi connectivity index (χ2n) is 13.6. The summed E-state index contributed by atoms with van der Waals surface area (Å²) in [6.07, 6.45) is 10.2. The molecular weight excluding hydrogens is 434 g/mol. The molecule has 8 rings (SSSR count). The molecule has 5 nitrogen and oxygen atoms in total. The van der Waals surface area contributed by atoms with Crippen LogP contribution in [0.5, 0.6) is 0 Å².